The van der Waals surface area contributed by atoms with Crippen molar-refractivity contribution in [3.05, 3.63) is 8.57 Å². The molecule has 0 fully saturated rings. The summed E-state index contributed by atoms with van der Waals surface area (Å²) in [4.78, 5) is 0. The zero-order valence-corrected chi connectivity index (χ0v) is 9.27. The predicted octanol–water partition coefficient (Wildman–Crippen LogP) is 2.74. The molecule has 3 heteroatoms. The molecule has 0 amide bonds. The van der Waals surface area contributed by atoms with E-state index >= 15 is 0 Å². The summed E-state index contributed by atoms with van der Waals surface area (Å²) in [5, 5.41) is 0. The smallest absolute Gasteiger partial charge is 0.0288 e. The molecule has 0 saturated carbocycles. The van der Waals surface area contributed by atoms with E-state index in [1.807, 2.05) is 0 Å². The van der Waals surface area contributed by atoms with Crippen LogP contribution in [0.1, 0.15) is 0 Å². The Balaban J connectivity index is 2.82. The molecule has 0 spiro atoms. The third-order valence-electron chi connectivity index (χ3n) is 0.430. The van der Waals surface area contributed by atoms with Crippen LogP contribution in [0.15, 0.2) is 8.57 Å². The molecule has 0 aromatic heterocycles. The summed E-state index contributed by atoms with van der Waals surface area (Å²) in [5.74, 6) is 0. The van der Waals surface area contributed by atoms with Crippen molar-refractivity contribution in [1.82, 2.24) is 0 Å². The highest BCUT2D eigenvalue weighted by atomic mass is 127. The van der Waals surface area contributed by atoms with Crippen LogP contribution in [0, 0.1) is 0 Å². The minimum absolute atomic E-state index is 0.358. The van der Waals surface area contributed by atoms with Gasteiger partial charge in [0, 0.05) is 6.50 Å². The molecule has 1 aliphatic heterocycles. The summed E-state index contributed by atoms with van der Waals surface area (Å²) >= 11 is 4.15. The number of halogens is 3. The van der Waals surface area contributed by atoms with Gasteiger partial charge in [0.05, 0.1) is 0 Å². The number of allylic oxidation sites excluding steroid dienone is 1. The van der Waals surface area contributed by atoms with Crippen LogP contribution in [-0.2, 0) is 0 Å². The van der Waals surface area contributed by atoms with Gasteiger partial charge in [-0.1, -0.05) is 41.5 Å². The van der Waals surface area contributed by atoms with Gasteiger partial charge in [0.2, 0.25) is 0 Å². The largest absolute Gasteiger partial charge is 0.0862 e. The lowest BCUT2D eigenvalue weighted by Gasteiger charge is -1.85. The van der Waals surface area contributed by atoms with Crippen molar-refractivity contribution in [1.29, 1.82) is 0 Å². The molecule has 0 unspecified atom stereocenters. The molecule has 0 radical (unpaired) electrons. The molecule has 0 nitrogen and oxygen atoms in total. The van der Waals surface area contributed by atoms with E-state index < -0.39 is 0 Å². The van der Waals surface area contributed by atoms with E-state index in [1.165, 1.54) is 4.48 Å². The molecule has 1 heterocycles. The average molecular weight is 385 g/mol. The second kappa shape index (κ2) is 3.45. The van der Waals surface area contributed by atoms with Gasteiger partial charge in [-0.2, -0.15) is 0 Å². The Morgan fingerprint density at radius 1 is 1.43 bits per heavy atom. The van der Waals surface area contributed by atoms with Gasteiger partial charge in [-0.25, -0.2) is 0 Å². The monoisotopic (exact) mass is 384 g/mol. The van der Waals surface area contributed by atoms with Gasteiger partial charge < -0.3 is 0 Å². The van der Waals surface area contributed by atoms with Crippen LogP contribution in [0.3, 0.4) is 0 Å². The van der Waals surface area contributed by atoms with Gasteiger partial charge in [0.15, 0.2) is 0 Å². The standard InChI is InChI=1S/C4H3BrI2/c5-4-1-6-3-7-2-4/h1-3H. The van der Waals surface area contributed by atoms with Crippen LogP contribution in [-0.4, -0.2) is 6.03 Å². The summed E-state index contributed by atoms with van der Waals surface area (Å²) in [7, 11) is 0. The summed E-state index contributed by atoms with van der Waals surface area (Å²) < 4.78 is 8.39. The van der Waals surface area contributed by atoms with Crippen LogP contribution in [0.5, 0.6) is 0 Å². The SMILES string of the molecule is BrC1=CI=CI=C1. The average Bonchev–Trinajstić information content (AvgIpc) is 1.69. The fourth-order valence-electron chi connectivity index (χ4n) is 0.219. The topological polar surface area (TPSA) is 0 Å². The molecular formula is C4H3BrI2. The molecule has 40 valence electrons. The minimum atomic E-state index is 0.358. The third-order valence-corrected chi connectivity index (χ3v) is 8.85. The highest BCUT2D eigenvalue weighted by Gasteiger charge is 1.82. The Kier molecular flexibility index (Phi) is 3.22. The summed E-state index contributed by atoms with van der Waals surface area (Å²) in [5.41, 5.74) is 0. The molecule has 7 heavy (non-hydrogen) atoms. The zero-order valence-electron chi connectivity index (χ0n) is 3.37. The fraction of sp³-hybridized carbons (Fsp3) is 0. The molecule has 0 N–H and O–H groups in total. The normalized spacial score (nSPS) is 19.3. The van der Waals surface area contributed by atoms with Gasteiger partial charge >= 0.3 is 0 Å². The Morgan fingerprint density at radius 2 is 2.29 bits per heavy atom. The summed E-state index contributed by atoms with van der Waals surface area (Å²) in [6, 6.07) is 0. The maximum atomic E-state index is 3.43. The Morgan fingerprint density at radius 3 is 2.57 bits per heavy atom. The van der Waals surface area contributed by atoms with Gasteiger partial charge in [-0.3, -0.25) is 0 Å². The first-order valence-electron chi connectivity index (χ1n) is 1.64. The number of hydrogen-bond donors (Lipinski definition) is 0. The summed E-state index contributed by atoms with van der Waals surface area (Å²) in [6.07, 6.45) is 0. The molecule has 0 bridgehead atoms. The summed E-state index contributed by atoms with van der Waals surface area (Å²) in [6.45, 7) is 0. The molecule has 0 aliphatic carbocycles. The molecule has 1 aliphatic rings. The fourth-order valence-corrected chi connectivity index (χ4v) is 6.60. The minimum Gasteiger partial charge on any atom is -0.0862 e. The molecular weight excluding hydrogens is 382 g/mol. The van der Waals surface area contributed by atoms with E-state index in [9.17, 15) is 0 Å². The van der Waals surface area contributed by atoms with Crippen molar-refractivity contribution < 1.29 is 0 Å². The van der Waals surface area contributed by atoms with Crippen LogP contribution in [0.4, 0.5) is 0 Å². The lowest BCUT2D eigenvalue weighted by atomic mass is 10.8. The lowest BCUT2D eigenvalue weighted by Crippen LogP contribution is -1.65. The molecule has 0 atom stereocenters. The Bertz CT molecular complexity index is 146. The maximum Gasteiger partial charge on any atom is 0.0288 e. The second-order valence-corrected chi connectivity index (χ2v) is 8.17. The van der Waals surface area contributed by atoms with Crippen molar-refractivity contribution in [2.75, 3.05) is 0 Å². The van der Waals surface area contributed by atoms with Gasteiger partial charge in [0.1, 0.15) is 0 Å². The maximum absolute atomic E-state index is 3.43. The van der Waals surface area contributed by atoms with E-state index in [0.29, 0.717) is 41.5 Å². The van der Waals surface area contributed by atoms with Crippen molar-refractivity contribution in [2.45, 2.75) is 0 Å². The van der Waals surface area contributed by atoms with E-state index in [0.717, 1.165) is 0 Å². The van der Waals surface area contributed by atoms with Gasteiger partial charge in [-0.05, 0) is 24.0 Å². The van der Waals surface area contributed by atoms with Crippen LogP contribution in [0.25, 0.3) is 0 Å². The molecule has 0 aromatic carbocycles. The first kappa shape index (κ1) is 6.54. The first-order chi connectivity index (χ1) is 3.39. The van der Waals surface area contributed by atoms with Crippen molar-refractivity contribution >= 4 is 63.4 Å². The van der Waals surface area contributed by atoms with Gasteiger partial charge in [-0.15, -0.1) is 0 Å². The Labute approximate surface area is 71.0 Å². The quantitative estimate of drug-likeness (QED) is 0.563. The first-order valence-corrected chi connectivity index (χ1v) is 7.41. The van der Waals surface area contributed by atoms with E-state index in [1.54, 1.807) is 0 Å². The van der Waals surface area contributed by atoms with Gasteiger partial charge in [0.25, 0.3) is 0 Å². The Hall–Kier alpha value is 1.42. The molecule has 0 saturated heterocycles. The van der Waals surface area contributed by atoms with E-state index in [4.69, 9.17) is 0 Å². The van der Waals surface area contributed by atoms with Crippen LogP contribution >= 0.6 is 57.4 Å². The molecule has 0 aromatic rings. The lowest BCUT2D eigenvalue weighted by molar-refractivity contribution is 2.45. The van der Waals surface area contributed by atoms with Crippen LogP contribution < -0.4 is 0 Å². The second-order valence-electron chi connectivity index (χ2n) is 0.938. The van der Waals surface area contributed by atoms with E-state index in [-0.39, 0.29) is 0 Å². The third kappa shape index (κ3) is 2.46. The number of hydrogen-bond acceptors (Lipinski definition) is 0. The van der Waals surface area contributed by atoms with Crippen molar-refractivity contribution in [2.24, 2.45) is 0 Å². The van der Waals surface area contributed by atoms with Crippen molar-refractivity contribution in [3.63, 3.8) is 0 Å². The molecule has 1 rings (SSSR count). The van der Waals surface area contributed by atoms with Crippen molar-refractivity contribution in [3.8, 4) is 0 Å². The zero-order chi connectivity index (χ0) is 5.11. The van der Waals surface area contributed by atoms with Crippen LogP contribution in [0.2, 0.25) is 0 Å². The highest BCUT2D eigenvalue weighted by molar-refractivity contribution is 14.3. The van der Waals surface area contributed by atoms with E-state index in [2.05, 4.69) is 26.0 Å². The highest BCUT2D eigenvalue weighted by Crippen LogP contribution is 2.18. The number of rotatable bonds is 0. The predicted molar refractivity (Wildman–Crippen MR) is 57.2 cm³/mol.